The quantitative estimate of drug-likeness (QED) is 0.496. The lowest BCUT2D eigenvalue weighted by Gasteiger charge is -2.30. The van der Waals surface area contributed by atoms with Crippen molar-refractivity contribution in [3.8, 4) is 5.82 Å². The Morgan fingerprint density at radius 2 is 1.93 bits per heavy atom. The van der Waals surface area contributed by atoms with Crippen LogP contribution in [0.2, 0.25) is 0 Å². The first-order valence-corrected chi connectivity index (χ1v) is 9.90. The molecule has 3 heterocycles. The van der Waals surface area contributed by atoms with E-state index in [-0.39, 0.29) is 29.3 Å². The van der Waals surface area contributed by atoms with E-state index in [9.17, 15) is 9.18 Å². The predicted octanol–water partition coefficient (Wildman–Crippen LogP) is 2.93. The zero-order chi connectivity index (χ0) is 21.1. The number of rotatable bonds is 6. The minimum Gasteiger partial charge on any atom is -0.365 e. The van der Waals surface area contributed by atoms with E-state index in [0.717, 1.165) is 31.7 Å². The second-order valence-corrected chi connectivity index (χ2v) is 7.40. The number of pyridine rings is 2. The van der Waals surface area contributed by atoms with Crippen LogP contribution in [0.3, 0.4) is 0 Å². The van der Waals surface area contributed by atoms with Crippen LogP contribution >= 0.6 is 0 Å². The van der Waals surface area contributed by atoms with Crippen LogP contribution in [0.5, 0.6) is 0 Å². The molecule has 6 N–H and O–H groups in total. The summed E-state index contributed by atoms with van der Waals surface area (Å²) in [5.74, 6) is -0.524. The number of amides is 1. The number of primary amides is 1. The third-order valence-electron chi connectivity index (χ3n) is 5.26. The highest BCUT2D eigenvalue weighted by atomic mass is 19.1. The van der Waals surface area contributed by atoms with E-state index in [1.807, 2.05) is 29.1 Å². The van der Waals surface area contributed by atoms with E-state index < -0.39 is 11.7 Å². The summed E-state index contributed by atoms with van der Waals surface area (Å²) in [6.45, 7) is 0. The Hall–Kier alpha value is -3.46. The summed E-state index contributed by atoms with van der Waals surface area (Å²) in [5, 5.41) is 6.17. The van der Waals surface area contributed by atoms with Gasteiger partial charge in [-0.15, -0.1) is 0 Å². The van der Waals surface area contributed by atoms with Gasteiger partial charge in [-0.05, 0) is 37.1 Å². The summed E-state index contributed by atoms with van der Waals surface area (Å²) in [6.07, 6.45) is 9.17. The van der Waals surface area contributed by atoms with Gasteiger partial charge in [0, 0.05) is 42.4 Å². The summed E-state index contributed by atoms with van der Waals surface area (Å²) >= 11 is 0. The van der Waals surface area contributed by atoms with E-state index in [0.29, 0.717) is 11.5 Å². The molecule has 0 radical (unpaired) electrons. The Morgan fingerprint density at radius 1 is 1.17 bits per heavy atom. The fourth-order valence-corrected chi connectivity index (χ4v) is 3.65. The van der Waals surface area contributed by atoms with Crippen molar-refractivity contribution < 1.29 is 9.18 Å². The largest absolute Gasteiger partial charge is 0.365 e. The van der Waals surface area contributed by atoms with Crippen molar-refractivity contribution in [3.05, 3.63) is 60.3 Å². The Morgan fingerprint density at radius 3 is 2.67 bits per heavy atom. The number of hydrogen-bond donors (Lipinski definition) is 4. The van der Waals surface area contributed by atoms with Crippen molar-refractivity contribution in [3.63, 3.8) is 0 Å². The molecule has 0 spiro atoms. The zero-order valence-electron chi connectivity index (χ0n) is 16.4. The molecule has 0 aromatic carbocycles. The number of carbonyl (C=O) groups excluding carboxylic acids is 1. The molecule has 1 amide bonds. The molecular formula is C21H24FN7O. The Balaban J connectivity index is 1.64. The van der Waals surface area contributed by atoms with E-state index in [4.69, 9.17) is 11.5 Å². The maximum Gasteiger partial charge on any atom is 0.252 e. The van der Waals surface area contributed by atoms with Gasteiger partial charge in [0.1, 0.15) is 11.6 Å². The third kappa shape index (κ3) is 4.25. The Labute approximate surface area is 173 Å². The van der Waals surface area contributed by atoms with Gasteiger partial charge in [-0.2, -0.15) is 0 Å². The molecule has 2 atom stereocenters. The van der Waals surface area contributed by atoms with E-state index in [2.05, 4.69) is 20.6 Å². The summed E-state index contributed by atoms with van der Waals surface area (Å²) in [6, 6.07) is 8.26. The van der Waals surface area contributed by atoms with Crippen LogP contribution in [0.25, 0.3) is 5.82 Å². The van der Waals surface area contributed by atoms with E-state index >= 15 is 0 Å². The third-order valence-corrected chi connectivity index (χ3v) is 5.26. The number of nitrogens with two attached hydrogens (primary N) is 2. The molecule has 0 aliphatic heterocycles. The Bertz CT molecular complexity index is 1040. The molecule has 1 aliphatic rings. The lowest BCUT2D eigenvalue weighted by atomic mass is 9.91. The van der Waals surface area contributed by atoms with Gasteiger partial charge < -0.3 is 26.7 Å². The Kier molecular flexibility index (Phi) is 5.62. The van der Waals surface area contributed by atoms with Crippen LogP contribution in [0.15, 0.2) is 48.9 Å². The van der Waals surface area contributed by atoms with Crippen molar-refractivity contribution in [2.75, 3.05) is 10.6 Å². The highest BCUT2D eigenvalue weighted by Gasteiger charge is 2.24. The molecule has 0 saturated heterocycles. The average molecular weight is 409 g/mol. The van der Waals surface area contributed by atoms with Crippen LogP contribution in [0.1, 0.15) is 36.0 Å². The summed E-state index contributed by atoms with van der Waals surface area (Å²) < 4.78 is 16.5. The molecule has 9 heteroatoms. The van der Waals surface area contributed by atoms with Crippen LogP contribution in [-0.4, -0.2) is 32.5 Å². The van der Waals surface area contributed by atoms with Gasteiger partial charge in [-0.3, -0.25) is 4.79 Å². The average Bonchev–Trinajstić information content (AvgIpc) is 3.27. The molecule has 1 fully saturated rings. The number of nitrogens with one attached hydrogen (secondary N) is 2. The van der Waals surface area contributed by atoms with Crippen LogP contribution in [0.4, 0.5) is 21.7 Å². The van der Waals surface area contributed by atoms with Gasteiger partial charge in [0.15, 0.2) is 11.6 Å². The standard InChI is InChI=1S/C21H24FN7O/c22-15-12-14(19(24)30)20(28-21(15)27-17-6-2-1-5-16(17)23)26-13-7-8-25-18(11-13)29-9-3-4-10-29/h3-4,7-12,16-17H,1-2,5-6,23H2,(H2,24,30)(H2,25,26,27,28). The topological polar surface area (TPSA) is 124 Å². The van der Waals surface area contributed by atoms with Gasteiger partial charge >= 0.3 is 0 Å². The van der Waals surface area contributed by atoms with Crippen molar-refractivity contribution in [2.24, 2.45) is 11.5 Å². The minimum atomic E-state index is -0.774. The number of halogens is 1. The van der Waals surface area contributed by atoms with Crippen LogP contribution in [0, 0.1) is 5.82 Å². The van der Waals surface area contributed by atoms with Gasteiger partial charge in [-0.25, -0.2) is 14.4 Å². The molecule has 156 valence electrons. The first-order chi connectivity index (χ1) is 14.5. The number of hydrogen-bond acceptors (Lipinski definition) is 6. The number of nitrogens with zero attached hydrogens (tertiary/aromatic N) is 3. The second kappa shape index (κ2) is 8.50. The molecule has 2 unspecified atom stereocenters. The molecule has 4 rings (SSSR count). The molecule has 30 heavy (non-hydrogen) atoms. The molecule has 1 aliphatic carbocycles. The fraction of sp³-hybridized carbons (Fsp3) is 0.286. The normalized spacial score (nSPS) is 18.7. The molecule has 1 saturated carbocycles. The highest BCUT2D eigenvalue weighted by Crippen LogP contribution is 2.27. The lowest BCUT2D eigenvalue weighted by Crippen LogP contribution is -2.43. The first kappa shape index (κ1) is 19.8. The van der Waals surface area contributed by atoms with Crippen LogP contribution < -0.4 is 22.1 Å². The summed E-state index contributed by atoms with van der Waals surface area (Å²) in [5.41, 5.74) is 12.2. The molecule has 3 aromatic rings. The van der Waals surface area contributed by atoms with Gasteiger partial charge in [0.25, 0.3) is 5.91 Å². The lowest BCUT2D eigenvalue weighted by molar-refractivity contribution is 0.100. The molecular weight excluding hydrogens is 385 g/mol. The summed E-state index contributed by atoms with van der Waals surface area (Å²) in [7, 11) is 0. The maximum absolute atomic E-state index is 14.6. The molecule has 3 aromatic heterocycles. The minimum absolute atomic E-state index is 0.0367. The molecule has 0 bridgehead atoms. The monoisotopic (exact) mass is 409 g/mol. The van der Waals surface area contributed by atoms with Gasteiger partial charge in [0.05, 0.1) is 5.56 Å². The second-order valence-electron chi connectivity index (χ2n) is 7.40. The zero-order valence-corrected chi connectivity index (χ0v) is 16.4. The van der Waals surface area contributed by atoms with E-state index in [1.165, 1.54) is 0 Å². The van der Waals surface area contributed by atoms with Crippen molar-refractivity contribution in [2.45, 2.75) is 37.8 Å². The number of aromatic nitrogens is 3. The van der Waals surface area contributed by atoms with Gasteiger partial charge in [0.2, 0.25) is 0 Å². The SMILES string of the molecule is NC(=O)c1cc(F)c(NC2CCCCC2N)nc1Nc1ccnc(-n2cccc2)c1. The first-order valence-electron chi connectivity index (χ1n) is 9.90. The fourth-order valence-electron chi connectivity index (χ4n) is 3.65. The number of carbonyl (C=O) groups is 1. The maximum atomic E-state index is 14.6. The smallest absolute Gasteiger partial charge is 0.252 e. The van der Waals surface area contributed by atoms with Crippen molar-refractivity contribution in [1.29, 1.82) is 0 Å². The highest BCUT2D eigenvalue weighted by molar-refractivity contribution is 5.98. The van der Waals surface area contributed by atoms with Crippen LogP contribution in [-0.2, 0) is 0 Å². The molecule has 8 nitrogen and oxygen atoms in total. The predicted molar refractivity (Wildman–Crippen MR) is 113 cm³/mol. The van der Waals surface area contributed by atoms with Crippen molar-refractivity contribution in [1.82, 2.24) is 14.5 Å². The van der Waals surface area contributed by atoms with Crippen molar-refractivity contribution >= 4 is 23.2 Å². The van der Waals surface area contributed by atoms with Gasteiger partial charge in [-0.1, -0.05) is 12.8 Å². The van der Waals surface area contributed by atoms with E-state index in [1.54, 1.807) is 18.3 Å². The summed E-state index contributed by atoms with van der Waals surface area (Å²) in [4.78, 5) is 20.5. The number of anilines is 3.